The SMILES string of the molecule is CC(C)(C)N/C(=C\C(=O)c1ccccc1)c1ccccc1. The van der Waals surface area contributed by atoms with Crippen molar-refractivity contribution in [2.24, 2.45) is 0 Å². The standard InChI is InChI=1S/C19H21NO/c1-19(2,3)20-17(15-10-6-4-7-11-15)14-18(21)16-12-8-5-9-13-16/h4-14,20H,1-3H3/b17-14-. The third-order valence-corrected chi connectivity index (χ3v) is 2.93. The van der Waals surface area contributed by atoms with Crippen LogP contribution < -0.4 is 5.32 Å². The van der Waals surface area contributed by atoms with Crippen molar-refractivity contribution < 1.29 is 4.79 Å². The molecule has 0 radical (unpaired) electrons. The number of carbonyl (C=O) groups is 1. The average molecular weight is 279 g/mol. The Morgan fingerprint density at radius 3 is 1.81 bits per heavy atom. The van der Waals surface area contributed by atoms with Crippen LogP contribution in [0.4, 0.5) is 0 Å². The van der Waals surface area contributed by atoms with Gasteiger partial charge in [0.2, 0.25) is 0 Å². The monoisotopic (exact) mass is 279 g/mol. The van der Waals surface area contributed by atoms with Crippen LogP contribution in [-0.2, 0) is 0 Å². The van der Waals surface area contributed by atoms with Gasteiger partial charge >= 0.3 is 0 Å². The molecule has 0 spiro atoms. The van der Waals surface area contributed by atoms with E-state index in [2.05, 4.69) is 26.1 Å². The number of allylic oxidation sites excluding steroid dienone is 1. The van der Waals surface area contributed by atoms with Crippen LogP contribution in [0.25, 0.3) is 5.70 Å². The van der Waals surface area contributed by atoms with Crippen molar-refractivity contribution in [2.75, 3.05) is 0 Å². The quantitative estimate of drug-likeness (QED) is 0.668. The van der Waals surface area contributed by atoms with Crippen LogP contribution in [0.2, 0.25) is 0 Å². The fourth-order valence-corrected chi connectivity index (χ4v) is 2.03. The Morgan fingerprint density at radius 2 is 1.33 bits per heavy atom. The van der Waals surface area contributed by atoms with E-state index in [0.29, 0.717) is 5.56 Å². The van der Waals surface area contributed by atoms with E-state index in [-0.39, 0.29) is 11.3 Å². The average Bonchev–Trinajstić information content (AvgIpc) is 2.47. The Kier molecular flexibility index (Phi) is 4.59. The fraction of sp³-hybridized carbons (Fsp3) is 0.211. The first-order valence-corrected chi connectivity index (χ1v) is 7.10. The molecular formula is C19H21NO. The van der Waals surface area contributed by atoms with E-state index < -0.39 is 0 Å². The molecule has 0 saturated heterocycles. The zero-order chi connectivity index (χ0) is 15.3. The minimum absolute atomic E-state index is 0.00574. The van der Waals surface area contributed by atoms with Crippen molar-refractivity contribution in [2.45, 2.75) is 26.3 Å². The van der Waals surface area contributed by atoms with Gasteiger partial charge in [-0.2, -0.15) is 0 Å². The number of carbonyl (C=O) groups excluding carboxylic acids is 1. The Labute approximate surface area is 126 Å². The van der Waals surface area contributed by atoms with Gasteiger partial charge in [-0.1, -0.05) is 60.7 Å². The van der Waals surface area contributed by atoms with Gasteiger partial charge in [0.1, 0.15) is 0 Å². The van der Waals surface area contributed by atoms with Crippen LogP contribution in [0.3, 0.4) is 0 Å². The van der Waals surface area contributed by atoms with Crippen LogP contribution >= 0.6 is 0 Å². The lowest BCUT2D eigenvalue weighted by molar-refractivity contribution is 0.104. The lowest BCUT2D eigenvalue weighted by Gasteiger charge is -2.24. The summed E-state index contributed by atoms with van der Waals surface area (Å²) in [5, 5.41) is 3.41. The van der Waals surface area contributed by atoms with Crippen LogP contribution in [0.5, 0.6) is 0 Å². The summed E-state index contributed by atoms with van der Waals surface area (Å²) in [6.45, 7) is 6.24. The van der Waals surface area contributed by atoms with Crippen LogP contribution in [0.15, 0.2) is 66.7 Å². The molecule has 2 rings (SSSR count). The fourth-order valence-electron chi connectivity index (χ4n) is 2.03. The Hall–Kier alpha value is -2.35. The predicted molar refractivity (Wildman–Crippen MR) is 88.1 cm³/mol. The summed E-state index contributed by atoms with van der Waals surface area (Å²) in [7, 11) is 0. The van der Waals surface area contributed by atoms with E-state index in [9.17, 15) is 4.79 Å². The number of benzene rings is 2. The van der Waals surface area contributed by atoms with Gasteiger partial charge < -0.3 is 5.32 Å². The number of nitrogens with one attached hydrogen (secondary N) is 1. The van der Waals surface area contributed by atoms with Crippen LogP contribution in [0, 0.1) is 0 Å². The molecule has 0 amide bonds. The molecule has 2 heteroatoms. The van der Waals surface area contributed by atoms with E-state index in [1.807, 2.05) is 60.7 Å². The van der Waals surface area contributed by atoms with Gasteiger partial charge in [0.15, 0.2) is 5.78 Å². The van der Waals surface area contributed by atoms with E-state index in [0.717, 1.165) is 11.3 Å². The molecule has 2 aromatic rings. The maximum atomic E-state index is 12.4. The zero-order valence-electron chi connectivity index (χ0n) is 12.8. The summed E-state index contributed by atoms with van der Waals surface area (Å²) in [6, 6.07) is 19.2. The second kappa shape index (κ2) is 6.40. The largest absolute Gasteiger partial charge is 0.380 e. The van der Waals surface area contributed by atoms with Crippen LogP contribution in [-0.4, -0.2) is 11.3 Å². The number of hydrogen-bond acceptors (Lipinski definition) is 2. The topological polar surface area (TPSA) is 29.1 Å². The second-order valence-electron chi connectivity index (χ2n) is 6.03. The summed E-state index contributed by atoms with van der Waals surface area (Å²) in [5.74, 6) is 0.00574. The van der Waals surface area contributed by atoms with E-state index >= 15 is 0 Å². The van der Waals surface area contributed by atoms with Crippen molar-refractivity contribution in [1.82, 2.24) is 5.32 Å². The lowest BCUT2D eigenvalue weighted by atomic mass is 10.0. The molecule has 0 bridgehead atoms. The van der Waals surface area contributed by atoms with Crippen molar-refractivity contribution in [3.05, 3.63) is 77.9 Å². The highest BCUT2D eigenvalue weighted by atomic mass is 16.1. The number of ketones is 1. The van der Waals surface area contributed by atoms with Gasteiger partial charge in [0.05, 0.1) is 0 Å². The van der Waals surface area contributed by atoms with Gasteiger partial charge in [-0.15, -0.1) is 0 Å². The molecule has 2 nitrogen and oxygen atoms in total. The molecule has 0 heterocycles. The molecule has 0 saturated carbocycles. The Bertz CT molecular complexity index is 622. The summed E-state index contributed by atoms with van der Waals surface area (Å²) in [5.41, 5.74) is 2.44. The van der Waals surface area contributed by atoms with Gasteiger partial charge in [-0.3, -0.25) is 4.79 Å². The molecule has 0 fully saturated rings. The molecule has 0 atom stereocenters. The second-order valence-corrected chi connectivity index (χ2v) is 6.03. The molecule has 0 aromatic heterocycles. The van der Waals surface area contributed by atoms with E-state index in [1.54, 1.807) is 6.08 Å². The third kappa shape index (κ3) is 4.60. The molecule has 1 N–H and O–H groups in total. The highest BCUT2D eigenvalue weighted by molar-refractivity contribution is 6.08. The third-order valence-electron chi connectivity index (χ3n) is 2.93. The van der Waals surface area contributed by atoms with Crippen LogP contribution in [0.1, 0.15) is 36.7 Å². The normalized spacial score (nSPS) is 12.0. The molecule has 0 aliphatic rings. The van der Waals surface area contributed by atoms with Gasteiger partial charge in [0.25, 0.3) is 0 Å². The van der Waals surface area contributed by atoms with E-state index in [4.69, 9.17) is 0 Å². The van der Waals surface area contributed by atoms with Crippen molar-refractivity contribution in [3.63, 3.8) is 0 Å². The van der Waals surface area contributed by atoms with E-state index in [1.165, 1.54) is 0 Å². The maximum absolute atomic E-state index is 12.4. The summed E-state index contributed by atoms with van der Waals surface area (Å²) in [6.07, 6.45) is 1.68. The van der Waals surface area contributed by atoms with Crippen molar-refractivity contribution in [1.29, 1.82) is 0 Å². The summed E-state index contributed by atoms with van der Waals surface area (Å²) >= 11 is 0. The predicted octanol–water partition coefficient (Wildman–Crippen LogP) is 4.30. The highest BCUT2D eigenvalue weighted by Crippen LogP contribution is 2.16. The molecule has 2 aromatic carbocycles. The number of rotatable bonds is 4. The van der Waals surface area contributed by atoms with Gasteiger partial charge in [-0.05, 0) is 26.3 Å². The zero-order valence-corrected chi connectivity index (χ0v) is 12.8. The summed E-state index contributed by atoms with van der Waals surface area (Å²) < 4.78 is 0. The van der Waals surface area contributed by atoms with Gasteiger partial charge in [-0.25, -0.2) is 0 Å². The van der Waals surface area contributed by atoms with Crippen molar-refractivity contribution >= 4 is 11.5 Å². The smallest absolute Gasteiger partial charge is 0.187 e. The molecule has 0 aliphatic heterocycles. The van der Waals surface area contributed by atoms with Crippen molar-refractivity contribution in [3.8, 4) is 0 Å². The molecular weight excluding hydrogens is 258 g/mol. The Morgan fingerprint density at radius 1 is 0.857 bits per heavy atom. The molecule has 108 valence electrons. The highest BCUT2D eigenvalue weighted by Gasteiger charge is 2.14. The maximum Gasteiger partial charge on any atom is 0.187 e. The van der Waals surface area contributed by atoms with Gasteiger partial charge in [0, 0.05) is 22.9 Å². The first kappa shape index (κ1) is 15.0. The molecule has 0 unspecified atom stereocenters. The first-order valence-electron chi connectivity index (χ1n) is 7.10. The Balaban J connectivity index is 2.36. The lowest BCUT2D eigenvalue weighted by Crippen LogP contribution is -2.34. The molecule has 0 aliphatic carbocycles. The minimum Gasteiger partial charge on any atom is -0.380 e. The first-order chi connectivity index (χ1) is 9.96. The number of hydrogen-bond donors (Lipinski definition) is 1. The minimum atomic E-state index is -0.112. The molecule has 21 heavy (non-hydrogen) atoms. The summed E-state index contributed by atoms with van der Waals surface area (Å²) in [4.78, 5) is 12.4.